The highest BCUT2D eigenvalue weighted by Crippen LogP contribution is 2.35. The molecular formula is C21H23N5O. The van der Waals surface area contributed by atoms with Crippen molar-refractivity contribution >= 4 is 0 Å². The molecule has 5 rings (SSSR count). The van der Waals surface area contributed by atoms with E-state index in [2.05, 4.69) is 17.1 Å². The van der Waals surface area contributed by atoms with Crippen molar-refractivity contribution in [2.75, 3.05) is 6.61 Å². The largest absolute Gasteiger partial charge is 0.376 e. The minimum absolute atomic E-state index is 0.198. The summed E-state index contributed by atoms with van der Waals surface area (Å²) in [7, 11) is 0. The lowest BCUT2D eigenvalue weighted by molar-refractivity contribution is 0.0944. The standard InChI is InChI=1S/C21H23N5O/c1-2-11-22-19(8-1)20-24-21(26(25-20)14-17-7-4-12-27-17)16-9-10-18(23-13-16)15-5-3-6-15/h1-2,8-11,13,15,17H,3-7,12,14H2. The van der Waals surface area contributed by atoms with E-state index < -0.39 is 0 Å². The molecule has 0 N–H and O–H groups in total. The molecule has 0 radical (unpaired) electrons. The summed E-state index contributed by atoms with van der Waals surface area (Å²) in [6.07, 6.45) is 9.91. The smallest absolute Gasteiger partial charge is 0.200 e. The van der Waals surface area contributed by atoms with Gasteiger partial charge >= 0.3 is 0 Å². The average Bonchev–Trinajstić information content (AvgIpc) is 3.32. The summed E-state index contributed by atoms with van der Waals surface area (Å²) in [5.41, 5.74) is 2.97. The molecule has 2 aliphatic rings. The van der Waals surface area contributed by atoms with Crippen LogP contribution in [0.25, 0.3) is 22.9 Å². The number of hydrogen-bond acceptors (Lipinski definition) is 5. The van der Waals surface area contributed by atoms with Crippen LogP contribution in [0.1, 0.15) is 43.7 Å². The van der Waals surface area contributed by atoms with E-state index in [-0.39, 0.29) is 6.10 Å². The van der Waals surface area contributed by atoms with Gasteiger partial charge in [0.15, 0.2) is 11.6 Å². The number of pyridine rings is 2. The molecule has 138 valence electrons. The van der Waals surface area contributed by atoms with Crippen molar-refractivity contribution in [3.05, 3.63) is 48.4 Å². The van der Waals surface area contributed by atoms with E-state index in [1.807, 2.05) is 29.1 Å². The van der Waals surface area contributed by atoms with E-state index in [1.165, 1.54) is 25.0 Å². The van der Waals surface area contributed by atoms with Gasteiger partial charge < -0.3 is 4.74 Å². The molecule has 0 spiro atoms. The molecule has 4 heterocycles. The van der Waals surface area contributed by atoms with Crippen LogP contribution in [0.5, 0.6) is 0 Å². The molecule has 1 unspecified atom stereocenters. The zero-order chi connectivity index (χ0) is 18.1. The fraction of sp³-hybridized carbons (Fsp3) is 0.429. The number of ether oxygens (including phenoxy) is 1. The lowest BCUT2D eigenvalue weighted by Gasteiger charge is -2.24. The topological polar surface area (TPSA) is 65.7 Å². The second kappa shape index (κ2) is 7.19. The van der Waals surface area contributed by atoms with Gasteiger partial charge in [-0.15, -0.1) is 5.10 Å². The molecule has 1 atom stereocenters. The Labute approximate surface area is 158 Å². The predicted molar refractivity (Wildman–Crippen MR) is 102 cm³/mol. The van der Waals surface area contributed by atoms with Crippen molar-refractivity contribution in [1.29, 1.82) is 0 Å². The molecule has 3 aromatic rings. The summed E-state index contributed by atoms with van der Waals surface area (Å²) in [6.45, 7) is 1.54. The van der Waals surface area contributed by atoms with Crippen LogP contribution in [0.15, 0.2) is 42.7 Å². The van der Waals surface area contributed by atoms with Crippen LogP contribution in [-0.2, 0) is 11.3 Å². The Morgan fingerprint density at radius 2 is 2.00 bits per heavy atom. The molecule has 6 heteroatoms. The van der Waals surface area contributed by atoms with Crippen LogP contribution < -0.4 is 0 Å². The number of nitrogens with zero attached hydrogens (tertiary/aromatic N) is 5. The molecule has 1 saturated carbocycles. The highest BCUT2D eigenvalue weighted by Gasteiger charge is 2.23. The SMILES string of the molecule is c1ccc(-c2nc(-c3ccc(C4CCC4)nc3)n(CC3CCCO3)n2)nc1. The Kier molecular flexibility index (Phi) is 4.41. The van der Waals surface area contributed by atoms with Gasteiger partial charge in [-0.2, -0.15) is 0 Å². The first-order chi connectivity index (χ1) is 13.4. The van der Waals surface area contributed by atoms with Gasteiger partial charge in [0.05, 0.1) is 12.6 Å². The van der Waals surface area contributed by atoms with Crippen LogP contribution in [0.4, 0.5) is 0 Å². The Balaban J connectivity index is 1.49. The molecule has 2 fully saturated rings. The molecule has 0 bridgehead atoms. The van der Waals surface area contributed by atoms with Gasteiger partial charge in [0.25, 0.3) is 0 Å². The molecule has 6 nitrogen and oxygen atoms in total. The maximum atomic E-state index is 5.82. The fourth-order valence-corrected chi connectivity index (χ4v) is 3.75. The van der Waals surface area contributed by atoms with Gasteiger partial charge in [0.2, 0.25) is 0 Å². The molecule has 1 aliphatic heterocycles. The maximum absolute atomic E-state index is 5.82. The van der Waals surface area contributed by atoms with Crippen LogP contribution in [0, 0.1) is 0 Å². The Bertz CT molecular complexity index is 896. The van der Waals surface area contributed by atoms with Crippen LogP contribution in [0.3, 0.4) is 0 Å². The van der Waals surface area contributed by atoms with Crippen molar-refractivity contribution in [1.82, 2.24) is 24.7 Å². The third-order valence-corrected chi connectivity index (χ3v) is 5.53. The Hall–Kier alpha value is -2.60. The van der Waals surface area contributed by atoms with Crippen molar-refractivity contribution in [2.45, 2.75) is 50.7 Å². The molecular weight excluding hydrogens is 338 g/mol. The van der Waals surface area contributed by atoms with Gasteiger partial charge in [-0.1, -0.05) is 12.5 Å². The van der Waals surface area contributed by atoms with Crippen molar-refractivity contribution in [3.8, 4) is 22.9 Å². The Morgan fingerprint density at radius 1 is 1.04 bits per heavy atom. The monoisotopic (exact) mass is 361 g/mol. The zero-order valence-corrected chi connectivity index (χ0v) is 15.3. The summed E-state index contributed by atoms with van der Waals surface area (Å²) in [6, 6.07) is 10.1. The average molecular weight is 361 g/mol. The van der Waals surface area contributed by atoms with Crippen LogP contribution >= 0.6 is 0 Å². The summed E-state index contributed by atoms with van der Waals surface area (Å²) in [5.74, 6) is 2.11. The van der Waals surface area contributed by atoms with Gasteiger partial charge in [-0.05, 0) is 49.9 Å². The van der Waals surface area contributed by atoms with E-state index in [4.69, 9.17) is 19.8 Å². The lowest BCUT2D eigenvalue weighted by atomic mass is 9.82. The van der Waals surface area contributed by atoms with E-state index in [0.29, 0.717) is 18.3 Å². The predicted octanol–water partition coefficient (Wildman–Crippen LogP) is 3.85. The van der Waals surface area contributed by atoms with Gasteiger partial charge in [-0.3, -0.25) is 9.97 Å². The van der Waals surface area contributed by atoms with Crippen LogP contribution in [0.2, 0.25) is 0 Å². The number of hydrogen-bond donors (Lipinski definition) is 0. The molecule has 0 amide bonds. The normalized spacial score (nSPS) is 19.9. The lowest BCUT2D eigenvalue weighted by Crippen LogP contribution is -2.17. The summed E-state index contributed by atoms with van der Waals surface area (Å²) in [5, 5.41) is 4.74. The summed E-state index contributed by atoms with van der Waals surface area (Å²) >= 11 is 0. The molecule has 27 heavy (non-hydrogen) atoms. The van der Waals surface area contributed by atoms with Gasteiger partial charge in [0.1, 0.15) is 5.69 Å². The first-order valence-corrected chi connectivity index (χ1v) is 9.81. The van der Waals surface area contributed by atoms with Crippen molar-refractivity contribution in [2.24, 2.45) is 0 Å². The maximum Gasteiger partial charge on any atom is 0.200 e. The van der Waals surface area contributed by atoms with Crippen molar-refractivity contribution in [3.63, 3.8) is 0 Å². The third kappa shape index (κ3) is 3.37. The van der Waals surface area contributed by atoms with Crippen molar-refractivity contribution < 1.29 is 4.74 Å². The highest BCUT2D eigenvalue weighted by atomic mass is 16.5. The van der Waals surface area contributed by atoms with E-state index >= 15 is 0 Å². The minimum atomic E-state index is 0.198. The number of rotatable bonds is 5. The van der Waals surface area contributed by atoms with Gasteiger partial charge in [-0.25, -0.2) is 9.67 Å². The number of aromatic nitrogens is 5. The first kappa shape index (κ1) is 16.6. The molecule has 1 saturated heterocycles. The zero-order valence-electron chi connectivity index (χ0n) is 15.3. The molecule has 1 aliphatic carbocycles. The Morgan fingerprint density at radius 3 is 2.67 bits per heavy atom. The summed E-state index contributed by atoms with van der Waals surface area (Å²) < 4.78 is 7.77. The molecule has 0 aromatic carbocycles. The second-order valence-corrected chi connectivity index (χ2v) is 7.39. The minimum Gasteiger partial charge on any atom is -0.376 e. The van der Waals surface area contributed by atoms with Gasteiger partial charge in [0, 0.05) is 36.2 Å². The second-order valence-electron chi connectivity index (χ2n) is 7.39. The van der Waals surface area contributed by atoms with E-state index in [9.17, 15) is 0 Å². The van der Waals surface area contributed by atoms with E-state index in [1.54, 1.807) is 6.20 Å². The highest BCUT2D eigenvalue weighted by molar-refractivity contribution is 5.59. The fourth-order valence-electron chi connectivity index (χ4n) is 3.75. The van der Waals surface area contributed by atoms with Crippen LogP contribution in [-0.4, -0.2) is 37.4 Å². The van der Waals surface area contributed by atoms with E-state index in [0.717, 1.165) is 36.5 Å². The first-order valence-electron chi connectivity index (χ1n) is 9.81. The quantitative estimate of drug-likeness (QED) is 0.691. The third-order valence-electron chi connectivity index (χ3n) is 5.53. The molecule has 3 aromatic heterocycles. The summed E-state index contributed by atoms with van der Waals surface area (Å²) in [4.78, 5) is 13.9.